The first-order valence-electron chi connectivity index (χ1n) is 7.12. The number of likely N-dealkylation sites (N-methyl/N-ethyl adjacent to an activating group) is 1. The normalized spacial score (nSPS) is 13.6. The molecule has 0 aliphatic heterocycles. The summed E-state index contributed by atoms with van der Waals surface area (Å²) in [4.78, 5) is 12.1. The summed E-state index contributed by atoms with van der Waals surface area (Å²) < 4.78 is 0. The second-order valence-electron chi connectivity index (χ2n) is 4.96. The predicted octanol–water partition coefficient (Wildman–Crippen LogP) is 1.85. The van der Waals surface area contributed by atoms with Crippen LogP contribution in [0.15, 0.2) is 11.2 Å². The minimum atomic E-state index is 0.616. The van der Waals surface area contributed by atoms with E-state index in [1.165, 1.54) is 11.3 Å². The van der Waals surface area contributed by atoms with Gasteiger partial charge in [0.2, 0.25) is 0 Å². The monoisotopic (exact) mass is 297 g/mol. The van der Waals surface area contributed by atoms with Gasteiger partial charge >= 0.3 is 0 Å². The maximum atomic E-state index is 4.33. The summed E-state index contributed by atoms with van der Waals surface area (Å²) >= 11 is 1.71. The Hall–Kier alpha value is -1.14. The van der Waals surface area contributed by atoms with Crippen molar-refractivity contribution in [2.45, 2.75) is 39.8 Å². The van der Waals surface area contributed by atoms with E-state index in [1.54, 1.807) is 18.4 Å². The topological polar surface area (TPSA) is 52.5 Å². The highest BCUT2D eigenvalue weighted by Gasteiger charge is 2.06. The van der Waals surface area contributed by atoms with E-state index in [1.807, 2.05) is 6.20 Å². The van der Waals surface area contributed by atoms with Crippen molar-refractivity contribution < 1.29 is 0 Å². The molecular weight excluding hydrogens is 270 g/mol. The Kier molecular flexibility index (Phi) is 7.54. The van der Waals surface area contributed by atoms with E-state index in [0.29, 0.717) is 6.04 Å². The third-order valence-electron chi connectivity index (χ3n) is 3.40. The third-order valence-corrected chi connectivity index (χ3v) is 4.31. The van der Waals surface area contributed by atoms with Crippen LogP contribution in [0.25, 0.3) is 0 Å². The van der Waals surface area contributed by atoms with E-state index in [9.17, 15) is 0 Å². The molecule has 2 N–H and O–H groups in total. The SMILES string of the molecule is CCC(C)N(C)CCNC(=NC)NCc1ncc(C)s1. The highest BCUT2D eigenvalue weighted by molar-refractivity contribution is 7.11. The molecule has 1 heterocycles. The third kappa shape index (κ3) is 5.88. The second kappa shape index (κ2) is 8.92. The molecule has 5 nitrogen and oxygen atoms in total. The number of hydrogen-bond donors (Lipinski definition) is 2. The molecule has 1 rings (SSSR count). The van der Waals surface area contributed by atoms with Crippen molar-refractivity contribution in [1.29, 1.82) is 0 Å². The van der Waals surface area contributed by atoms with E-state index in [-0.39, 0.29) is 0 Å². The van der Waals surface area contributed by atoms with Crippen molar-refractivity contribution in [1.82, 2.24) is 20.5 Å². The first-order valence-corrected chi connectivity index (χ1v) is 7.94. The first kappa shape index (κ1) is 16.9. The zero-order valence-electron chi connectivity index (χ0n) is 13.2. The molecule has 1 unspecified atom stereocenters. The predicted molar refractivity (Wildman–Crippen MR) is 87.4 cm³/mol. The number of aromatic nitrogens is 1. The van der Waals surface area contributed by atoms with E-state index in [4.69, 9.17) is 0 Å². The van der Waals surface area contributed by atoms with Gasteiger partial charge in [-0.1, -0.05) is 6.92 Å². The summed E-state index contributed by atoms with van der Waals surface area (Å²) in [7, 11) is 3.95. The highest BCUT2D eigenvalue weighted by atomic mass is 32.1. The van der Waals surface area contributed by atoms with E-state index in [2.05, 4.69) is 53.3 Å². The molecule has 0 saturated carbocycles. The number of hydrogen-bond acceptors (Lipinski definition) is 4. The Bertz CT molecular complexity index is 415. The largest absolute Gasteiger partial charge is 0.355 e. The first-order chi connectivity index (χ1) is 9.56. The smallest absolute Gasteiger partial charge is 0.191 e. The number of nitrogens with one attached hydrogen (secondary N) is 2. The van der Waals surface area contributed by atoms with Crippen LogP contribution in [0.1, 0.15) is 30.2 Å². The van der Waals surface area contributed by atoms with Crippen molar-refractivity contribution >= 4 is 17.3 Å². The van der Waals surface area contributed by atoms with E-state index < -0.39 is 0 Å². The Morgan fingerprint density at radius 2 is 2.25 bits per heavy atom. The fourth-order valence-electron chi connectivity index (χ4n) is 1.75. The van der Waals surface area contributed by atoms with Crippen molar-refractivity contribution in [2.75, 3.05) is 27.2 Å². The lowest BCUT2D eigenvalue weighted by molar-refractivity contribution is 0.255. The van der Waals surface area contributed by atoms with Crippen LogP contribution >= 0.6 is 11.3 Å². The molecule has 1 atom stereocenters. The molecule has 0 aliphatic rings. The van der Waals surface area contributed by atoms with Gasteiger partial charge in [0.15, 0.2) is 5.96 Å². The van der Waals surface area contributed by atoms with Gasteiger partial charge in [-0.15, -0.1) is 11.3 Å². The molecule has 0 saturated heterocycles. The molecule has 0 amide bonds. The number of aryl methyl sites for hydroxylation is 1. The maximum absolute atomic E-state index is 4.33. The standard InChI is InChI=1S/C14H27N5S/c1-6-11(2)19(5)8-7-16-14(15-4)18-10-13-17-9-12(3)20-13/h9,11H,6-8,10H2,1-5H3,(H2,15,16,18). The zero-order valence-corrected chi connectivity index (χ0v) is 14.0. The zero-order chi connectivity index (χ0) is 15.0. The fraction of sp³-hybridized carbons (Fsp3) is 0.714. The summed E-state index contributed by atoms with van der Waals surface area (Å²) in [6.45, 7) is 9.14. The van der Waals surface area contributed by atoms with E-state index >= 15 is 0 Å². The van der Waals surface area contributed by atoms with Gasteiger partial charge in [0.25, 0.3) is 0 Å². The molecule has 1 aromatic rings. The van der Waals surface area contributed by atoms with Gasteiger partial charge in [0.05, 0.1) is 6.54 Å². The van der Waals surface area contributed by atoms with Crippen LogP contribution in [0.5, 0.6) is 0 Å². The van der Waals surface area contributed by atoms with Crippen LogP contribution in [0, 0.1) is 6.92 Å². The van der Waals surface area contributed by atoms with Crippen LogP contribution in [-0.2, 0) is 6.54 Å². The molecule has 0 spiro atoms. The van der Waals surface area contributed by atoms with Crippen LogP contribution in [-0.4, -0.2) is 49.1 Å². The Balaban J connectivity index is 2.26. The van der Waals surface area contributed by atoms with Crippen molar-refractivity contribution in [2.24, 2.45) is 4.99 Å². The van der Waals surface area contributed by atoms with Crippen molar-refractivity contribution in [3.63, 3.8) is 0 Å². The average Bonchev–Trinajstić information content (AvgIpc) is 2.87. The minimum Gasteiger partial charge on any atom is -0.355 e. The average molecular weight is 297 g/mol. The van der Waals surface area contributed by atoms with Gasteiger partial charge in [-0.2, -0.15) is 0 Å². The number of rotatable bonds is 7. The van der Waals surface area contributed by atoms with Crippen LogP contribution in [0.4, 0.5) is 0 Å². The summed E-state index contributed by atoms with van der Waals surface area (Å²) in [5.41, 5.74) is 0. The molecule has 0 fully saturated rings. The lowest BCUT2D eigenvalue weighted by Gasteiger charge is -2.23. The quantitative estimate of drug-likeness (QED) is 0.596. The molecule has 0 radical (unpaired) electrons. The van der Waals surface area contributed by atoms with Gasteiger partial charge in [-0.25, -0.2) is 4.98 Å². The summed E-state index contributed by atoms with van der Waals surface area (Å²) in [5.74, 6) is 0.829. The Morgan fingerprint density at radius 3 is 2.80 bits per heavy atom. The number of guanidine groups is 1. The molecule has 0 aromatic carbocycles. The van der Waals surface area contributed by atoms with Gasteiger partial charge in [0.1, 0.15) is 5.01 Å². The molecule has 1 aromatic heterocycles. The van der Waals surface area contributed by atoms with Crippen molar-refractivity contribution in [3.8, 4) is 0 Å². The number of nitrogens with zero attached hydrogens (tertiary/aromatic N) is 3. The van der Waals surface area contributed by atoms with Gasteiger partial charge in [0, 0.05) is 37.3 Å². The lowest BCUT2D eigenvalue weighted by Crippen LogP contribution is -2.42. The summed E-state index contributed by atoms with van der Waals surface area (Å²) in [5, 5.41) is 7.70. The van der Waals surface area contributed by atoms with Crippen LogP contribution < -0.4 is 10.6 Å². The minimum absolute atomic E-state index is 0.616. The maximum Gasteiger partial charge on any atom is 0.191 e. The fourth-order valence-corrected chi connectivity index (χ4v) is 2.47. The van der Waals surface area contributed by atoms with E-state index in [0.717, 1.165) is 30.6 Å². The number of aliphatic imine (C=N–C) groups is 1. The van der Waals surface area contributed by atoms with Gasteiger partial charge in [-0.3, -0.25) is 4.99 Å². The van der Waals surface area contributed by atoms with Crippen LogP contribution in [0.2, 0.25) is 0 Å². The molecule has 0 aliphatic carbocycles. The summed E-state index contributed by atoms with van der Waals surface area (Å²) in [6, 6.07) is 0.616. The van der Waals surface area contributed by atoms with Gasteiger partial charge in [-0.05, 0) is 27.3 Å². The van der Waals surface area contributed by atoms with Gasteiger partial charge < -0.3 is 15.5 Å². The highest BCUT2D eigenvalue weighted by Crippen LogP contribution is 2.10. The lowest BCUT2D eigenvalue weighted by atomic mass is 10.2. The molecule has 0 bridgehead atoms. The molecule has 20 heavy (non-hydrogen) atoms. The molecule has 114 valence electrons. The summed E-state index contributed by atoms with van der Waals surface area (Å²) in [6.07, 6.45) is 3.08. The molecular formula is C14H27N5S. The Morgan fingerprint density at radius 1 is 1.50 bits per heavy atom. The van der Waals surface area contributed by atoms with Crippen LogP contribution in [0.3, 0.4) is 0 Å². The molecule has 6 heteroatoms. The second-order valence-corrected chi connectivity index (χ2v) is 6.27. The van der Waals surface area contributed by atoms with Crippen molar-refractivity contribution in [3.05, 3.63) is 16.1 Å². The number of thiazole rings is 1. The Labute approximate surface area is 126 Å².